The Labute approximate surface area is 207 Å². The van der Waals surface area contributed by atoms with Crippen LogP contribution in [0, 0.1) is 0 Å². The second-order valence-corrected chi connectivity index (χ2v) is 9.04. The number of anilines is 1. The molecule has 4 aromatic rings. The Morgan fingerprint density at radius 1 is 1.00 bits per heavy atom. The van der Waals surface area contributed by atoms with Gasteiger partial charge < -0.3 is 10.6 Å². The van der Waals surface area contributed by atoms with Crippen LogP contribution in [0.25, 0.3) is 16.9 Å². The first-order valence-electron chi connectivity index (χ1n) is 11.6. The van der Waals surface area contributed by atoms with Crippen molar-refractivity contribution in [3.63, 3.8) is 0 Å². The Kier molecular flexibility index (Phi) is 6.63. The largest absolute Gasteiger partial charge is 0.352 e. The summed E-state index contributed by atoms with van der Waals surface area (Å²) in [5.41, 5.74) is 3.05. The average Bonchev–Trinajstić information content (AvgIpc) is 3.62. The van der Waals surface area contributed by atoms with Gasteiger partial charge in [-0.3, -0.25) is 14.3 Å². The monoisotopic (exact) mass is 488 g/mol. The first-order valence-corrected chi connectivity index (χ1v) is 12.0. The van der Waals surface area contributed by atoms with Crippen molar-refractivity contribution in [3.8, 4) is 16.9 Å². The van der Waals surface area contributed by atoms with Crippen LogP contribution >= 0.6 is 11.6 Å². The van der Waals surface area contributed by atoms with Crippen molar-refractivity contribution in [2.75, 3.05) is 5.32 Å². The van der Waals surface area contributed by atoms with Gasteiger partial charge in [-0.15, -0.1) is 0 Å². The van der Waals surface area contributed by atoms with E-state index in [0.29, 0.717) is 22.0 Å². The molecule has 1 fully saturated rings. The summed E-state index contributed by atoms with van der Waals surface area (Å²) >= 11 is 6.05. The molecular weight excluding hydrogens is 464 g/mol. The second-order valence-electron chi connectivity index (χ2n) is 8.61. The van der Waals surface area contributed by atoms with E-state index in [4.69, 9.17) is 11.6 Å². The minimum absolute atomic E-state index is 0.0768. The molecule has 178 valence electrons. The highest BCUT2D eigenvalue weighted by atomic mass is 35.5. The van der Waals surface area contributed by atoms with E-state index >= 15 is 0 Å². The smallest absolute Gasteiger partial charge is 0.259 e. The van der Waals surface area contributed by atoms with Crippen LogP contribution in [0.2, 0.25) is 5.02 Å². The molecule has 0 spiro atoms. The maximum absolute atomic E-state index is 13.3. The van der Waals surface area contributed by atoms with Gasteiger partial charge in [0.1, 0.15) is 12.2 Å². The average molecular weight is 489 g/mol. The van der Waals surface area contributed by atoms with Crippen LogP contribution in [0.15, 0.2) is 73.2 Å². The molecule has 1 saturated carbocycles. The van der Waals surface area contributed by atoms with Gasteiger partial charge in [0.15, 0.2) is 0 Å². The predicted octanol–water partition coefficient (Wildman–Crippen LogP) is 4.70. The van der Waals surface area contributed by atoms with Gasteiger partial charge in [0.25, 0.3) is 5.91 Å². The van der Waals surface area contributed by atoms with Crippen LogP contribution in [0.3, 0.4) is 0 Å². The molecule has 0 aliphatic heterocycles. The summed E-state index contributed by atoms with van der Waals surface area (Å²) in [5, 5.41) is 15.4. The number of carbonyl (C=O) groups is 2. The van der Waals surface area contributed by atoms with Gasteiger partial charge in [0, 0.05) is 29.0 Å². The van der Waals surface area contributed by atoms with E-state index in [1.165, 1.54) is 10.9 Å². The number of aromatic nitrogens is 4. The Morgan fingerprint density at radius 2 is 1.74 bits per heavy atom. The molecule has 8 nitrogen and oxygen atoms in total. The zero-order valence-corrected chi connectivity index (χ0v) is 19.8. The van der Waals surface area contributed by atoms with Gasteiger partial charge in [0.2, 0.25) is 5.91 Å². The lowest BCUT2D eigenvalue weighted by molar-refractivity contribution is -0.122. The highest BCUT2D eigenvalue weighted by Crippen LogP contribution is 2.26. The first kappa shape index (κ1) is 22.9. The molecule has 5 rings (SSSR count). The van der Waals surface area contributed by atoms with Gasteiger partial charge in [-0.1, -0.05) is 54.8 Å². The normalized spacial score (nSPS) is 13.6. The molecule has 1 aliphatic rings. The summed E-state index contributed by atoms with van der Waals surface area (Å²) in [7, 11) is 0. The number of nitrogens with zero attached hydrogens (tertiary/aromatic N) is 4. The molecule has 0 saturated heterocycles. The van der Waals surface area contributed by atoms with Crippen LogP contribution in [0.4, 0.5) is 5.69 Å². The first-order chi connectivity index (χ1) is 17.0. The van der Waals surface area contributed by atoms with Crippen LogP contribution < -0.4 is 10.6 Å². The van der Waals surface area contributed by atoms with Crippen LogP contribution in [-0.4, -0.2) is 37.4 Å². The zero-order valence-electron chi connectivity index (χ0n) is 19.0. The number of benzene rings is 2. The number of hydrogen-bond donors (Lipinski definition) is 2. The third kappa shape index (κ3) is 5.44. The molecular formula is C26H25ClN6O2. The quantitative estimate of drug-likeness (QED) is 0.394. The minimum atomic E-state index is -0.327. The molecule has 2 aromatic heterocycles. The minimum Gasteiger partial charge on any atom is -0.352 e. The predicted molar refractivity (Wildman–Crippen MR) is 135 cm³/mol. The lowest BCUT2D eigenvalue weighted by atomic mass is 10.1. The molecule has 2 aromatic carbocycles. The summed E-state index contributed by atoms with van der Waals surface area (Å²) in [6, 6.07) is 17.0. The van der Waals surface area contributed by atoms with Gasteiger partial charge in [-0.2, -0.15) is 10.2 Å². The lowest BCUT2D eigenvalue weighted by Gasteiger charge is -2.11. The Bertz CT molecular complexity index is 1320. The van der Waals surface area contributed by atoms with Crippen molar-refractivity contribution in [1.29, 1.82) is 0 Å². The highest BCUT2D eigenvalue weighted by Gasteiger charge is 2.20. The number of rotatable bonds is 7. The summed E-state index contributed by atoms with van der Waals surface area (Å²) in [6.07, 6.45) is 9.25. The number of carbonyl (C=O) groups excluding carboxylic acids is 2. The van der Waals surface area contributed by atoms with E-state index in [9.17, 15) is 9.59 Å². The summed E-state index contributed by atoms with van der Waals surface area (Å²) < 4.78 is 3.20. The topological polar surface area (TPSA) is 93.8 Å². The summed E-state index contributed by atoms with van der Waals surface area (Å²) in [6.45, 7) is 0.105. The van der Waals surface area contributed by atoms with Crippen LogP contribution in [0.1, 0.15) is 36.0 Å². The Morgan fingerprint density at radius 3 is 2.49 bits per heavy atom. The van der Waals surface area contributed by atoms with Crippen molar-refractivity contribution in [3.05, 3.63) is 83.8 Å². The molecule has 0 radical (unpaired) electrons. The third-order valence-electron chi connectivity index (χ3n) is 6.01. The molecule has 0 unspecified atom stereocenters. The van der Waals surface area contributed by atoms with Crippen molar-refractivity contribution in [2.45, 2.75) is 38.3 Å². The summed E-state index contributed by atoms with van der Waals surface area (Å²) in [5.74, 6) is -0.404. The van der Waals surface area contributed by atoms with E-state index in [1.54, 1.807) is 29.2 Å². The highest BCUT2D eigenvalue weighted by molar-refractivity contribution is 6.30. The Balaban J connectivity index is 1.34. The molecule has 2 amide bonds. The number of amides is 2. The van der Waals surface area contributed by atoms with E-state index < -0.39 is 0 Å². The number of halogens is 1. The van der Waals surface area contributed by atoms with Crippen molar-refractivity contribution in [2.24, 2.45) is 0 Å². The van der Waals surface area contributed by atoms with Gasteiger partial charge in [-0.25, -0.2) is 4.68 Å². The molecule has 0 atom stereocenters. The van der Waals surface area contributed by atoms with Crippen molar-refractivity contribution < 1.29 is 9.59 Å². The van der Waals surface area contributed by atoms with E-state index in [-0.39, 0.29) is 24.4 Å². The Hall–Kier alpha value is -3.91. The molecule has 2 N–H and O–H groups in total. The third-order valence-corrected chi connectivity index (χ3v) is 6.27. The summed E-state index contributed by atoms with van der Waals surface area (Å²) in [4.78, 5) is 25.6. The molecule has 9 heteroatoms. The number of nitrogens with one attached hydrogen (secondary N) is 2. The zero-order chi connectivity index (χ0) is 24.2. The fraction of sp³-hybridized carbons (Fsp3) is 0.231. The second kappa shape index (κ2) is 10.1. The molecule has 1 aliphatic carbocycles. The van der Waals surface area contributed by atoms with Gasteiger partial charge >= 0.3 is 0 Å². The van der Waals surface area contributed by atoms with E-state index in [2.05, 4.69) is 20.8 Å². The maximum Gasteiger partial charge on any atom is 0.259 e. The lowest BCUT2D eigenvalue weighted by Crippen LogP contribution is -2.35. The maximum atomic E-state index is 13.3. The molecule has 2 heterocycles. The van der Waals surface area contributed by atoms with Gasteiger partial charge in [-0.05, 0) is 37.1 Å². The SMILES string of the molecule is O=C(Cn1cc(NC(=O)c2cn(-c3ccccc3)nc2-c2ccc(Cl)cc2)cn1)NC1CCCC1. The number of hydrogen-bond acceptors (Lipinski definition) is 4. The van der Waals surface area contributed by atoms with Crippen molar-refractivity contribution >= 4 is 29.1 Å². The molecule has 35 heavy (non-hydrogen) atoms. The van der Waals surface area contributed by atoms with Crippen LogP contribution in [-0.2, 0) is 11.3 Å². The standard InChI is InChI=1S/C26H25ClN6O2/c27-19-12-10-18(11-13-19)25-23(16-33(31-25)22-8-2-1-3-9-22)26(35)30-21-14-28-32(15-21)17-24(34)29-20-6-4-5-7-20/h1-3,8-16,20H,4-7,17H2,(H,29,34)(H,30,35). The fourth-order valence-corrected chi connectivity index (χ4v) is 4.40. The van der Waals surface area contributed by atoms with E-state index in [1.807, 2.05) is 42.5 Å². The number of para-hydroxylation sites is 1. The fourth-order valence-electron chi connectivity index (χ4n) is 4.28. The molecule has 0 bridgehead atoms. The van der Waals surface area contributed by atoms with Crippen molar-refractivity contribution in [1.82, 2.24) is 24.9 Å². The van der Waals surface area contributed by atoms with E-state index in [0.717, 1.165) is 36.9 Å². The van der Waals surface area contributed by atoms with Crippen LogP contribution in [0.5, 0.6) is 0 Å². The van der Waals surface area contributed by atoms with Gasteiger partial charge in [0.05, 0.1) is 23.1 Å².